The van der Waals surface area contributed by atoms with Gasteiger partial charge in [-0.1, -0.05) is 0 Å². The number of fused-ring (bicyclic) bond motifs is 1. The fourth-order valence-electron chi connectivity index (χ4n) is 3.23. The largest absolute Gasteiger partial charge is 0.451 e. The molecule has 4 rings (SSSR count). The van der Waals surface area contributed by atoms with Gasteiger partial charge in [0.05, 0.1) is 23.8 Å². The Balaban J connectivity index is 1.67. The number of thiazole rings is 1. The fourth-order valence-corrected chi connectivity index (χ4v) is 4.02. The SMILES string of the molecule is Cc1cnc(-c2cc(C(=O)N[C@H](C)c3cnc(C(F)(F)F)nc3)cc3c2cnn3CC#N)s1. The highest BCUT2D eigenvalue weighted by Crippen LogP contribution is 2.33. The zero-order chi connectivity index (χ0) is 23.8. The van der Waals surface area contributed by atoms with Gasteiger partial charge in [0.25, 0.3) is 5.91 Å². The number of benzene rings is 1. The van der Waals surface area contributed by atoms with Crippen LogP contribution in [0, 0.1) is 18.3 Å². The van der Waals surface area contributed by atoms with Gasteiger partial charge < -0.3 is 5.32 Å². The van der Waals surface area contributed by atoms with Gasteiger partial charge in [-0.05, 0) is 26.0 Å². The number of nitrogens with one attached hydrogen (secondary N) is 1. The van der Waals surface area contributed by atoms with E-state index >= 15 is 0 Å². The number of carbonyl (C=O) groups excluding carboxylic acids is 1. The van der Waals surface area contributed by atoms with E-state index in [1.54, 1.807) is 31.5 Å². The number of nitrogens with zero attached hydrogens (tertiary/aromatic N) is 6. The number of nitriles is 1. The molecule has 0 aliphatic heterocycles. The predicted molar refractivity (Wildman–Crippen MR) is 114 cm³/mol. The zero-order valence-electron chi connectivity index (χ0n) is 17.4. The van der Waals surface area contributed by atoms with Crippen LogP contribution in [0.1, 0.15) is 39.6 Å². The number of aryl methyl sites for hydroxylation is 1. The predicted octanol–water partition coefficient (Wildman–Crippen LogP) is 4.29. The van der Waals surface area contributed by atoms with E-state index < -0.39 is 23.9 Å². The van der Waals surface area contributed by atoms with Crippen LogP contribution in [-0.2, 0) is 12.7 Å². The minimum atomic E-state index is -4.64. The lowest BCUT2D eigenvalue weighted by molar-refractivity contribution is -0.145. The normalized spacial score (nSPS) is 12.5. The van der Waals surface area contributed by atoms with Crippen LogP contribution in [-0.4, -0.2) is 30.6 Å². The van der Waals surface area contributed by atoms with Crippen molar-refractivity contribution in [3.8, 4) is 16.6 Å². The van der Waals surface area contributed by atoms with Crippen molar-refractivity contribution in [2.75, 3.05) is 0 Å². The minimum absolute atomic E-state index is 0.00417. The second-order valence-electron chi connectivity index (χ2n) is 7.23. The van der Waals surface area contributed by atoms with Crippen LogP contribution in [0.25, 0.3) is 21.5 Å². The summed E-state index contributed by atoms with van der Waals surface area (Å²) in [4.78, 5) is 25.1. The van der Waals surface area contributed by atoms with Crippen LogP contribution >= 0.6 is 11.3 Å². The average Bonchev–Trinajstić information content (AvgIpc) is 3.39. The zero-order valence-corrected chi connectivity index (χ0v) is 18.2. The van der Waals surface area contributed by atoms with Gasteiger partial charge in [0.1, 0.15) is 11.6 Å². The molecule has 8 nitrogen and oxygen atoms in total. The minimum Gasteiger partial charge on any atom is -0.345 e. The Kier molecular flexibility index (Phi) is 5.82. The second kappa shape index (κ2) is 8.59. The molecule has 12 heteroatoms. The van der Waals surface area contributed by atoms with Crippen LogP contribution < -0.4 is 5.32 Å². The molecule has 33 heavy (non-hydrogen) atoms. The van der Waals surface area contributed by atoms with Gasteiger partial charge in [-0.3, -0.25) is 9.48 Å². The summed E-state index contributed by atoms with van der Waals surface area (Å²) in [6, 6.07) is 4.69. The molecule has 168 valence electrons. The van der Waals surface area contributed by atoms with Crippen LogP contribution in [0.2, 0.25) is 0 Å². The summed E-state index contributed by atoms with van der Waals surface area (Å²) < 4.78 is 39.6. The molecule has 1 atom stereocenters. The number of halogens is 3. The van der Waals surface area contributed by atoms with Crippen molar-refractivity contribution in [1.82, 2.24) is 30.0 Å². The third-order valence-corrected chi connectivity index (χ3v) is 5.82. The molecule has 0 aliphatic rings. The highest BCUT2D eigenvalue weighted by atomic mass is 32.1. The van der Waals surface area contributed by atoms with Crippen molar-refractivity contribution in [2.45, 2.75) is 32.6 Å². The lowest BCUT2D eigenvalue weighted by Gasteiger charge is -2.15. The van der Waals surface area contributed by atoms with E-state index in [1.807, 2.05) is 13.0 Å². The first-order valence-electron chi connectivity index (χ1n) is 9.66. The molecule has 0 radical (unpaired) electrons. The summed E-state index contributed by atoms with van der Waals surface area (Å²) in [5.41, 5.74) is 1.91. The molecule has 3 heterocycles. The van der Waals surface area contributed by atoms with Gasteiger partial charge in [-0.15, -0.1) is 11.3 Å². The van der Waals surface area contributed by atoms with E-state index in [0.717, 1.165) is 22.7 Å². The maximum absolute atomic E-state index is 13.0. The Morgan fingerprint density at radius 1 is 1.21 bits per heavy atom. The van der Waals surface area contributed by atoms with Crippen LogP contribution in [0.5, 0.6) is 0 Å². The Labute approximate surface area is 189 Å². The van der Waals surface area contributed by atoms with Gasteiger partial charge >= 0.3 is 6.18 Å². The van der Waals surface area contributed by atoms with E-state index in [2.05, 4.69) is 25.4 Å². The Bertz CT molecular complexity index is 1370. The smallest absolute Gasteiger partial charge is 0.345 e. The van der Waals surface area contributed by atoms with Gasteiger partial charge in [0.15, 0.2) is 0 Å². The molecule has 4 aromatic rings. The molecule has 3 aromatic heterocycles. The van der Waals surface area contributed by atoms with E-state index in [1.165, 1.54) is 16.0 Å². The van der Waals surface area contributed by atoms with Gasteiger partial charge in [-0.25, -0.2) is 15.0 Å². The average molecular weight is 471 g/mol. The third-order valence-electron chi connectivity index (χ3n) is 4.87. The molecule has 0 aliphatic carbocycles. The molecule has 1 N–H and O–H groups in total. The maximum atomic E-state index is 13.0. The van der Waals surface area contributed by atoms with Crippen molar-refractivity contribution < 1.29 is 18.0 Å². The topological polar surface area (TPSA) is 109 Å². The molecule has 0 saturated heterocycles. The number of amides is 1. The lowest BCUT2D eigenvalue weighted by Crippen LogP contribution is -2.27. The summed E-state index contributed by atoms with van der Waals surface area (Å²) in [5, 5.41) is 17.5. The highest BCUT2D eigenvalue weighted by molar-refractivity contribution is 7.15. The molecule has 1 amide bonds. The third kappa shape index (κ3) is 4.54. The molecule has 0 fully saturated rings. The standard InChI is InChI=1S/C21H16F3N7OS/c1-11-7-26-19(33-11)15-5-13(6-17-16(15)10-29-31(17)4-3-25)18(32)30-12(2)14-8-27-20(28-9-14)21(22,23)24/h5-10,12H,4H2,1-2H3,(H,30,32)/t12-/m1/s1. The summed E-state index contributed by atoms with van der Waals surface area (Å²) in [5.74, 6) is -1.70. The molecule has 0 spiro atoms. The first-order chi connectivity index (χ1) is 15.7. The van der Waals surface area contributed by atoms with Crippen LogP contribution in [0.4, 0.5) is 13.2 Å². The first kappa shape index (κ1) is 22.3. The summed E-state index contributed by atoms with van der Waals surface area (Å²) in [6.45, 7) is 3.54. The van der Waals surface area contributed by atoms with Gasteiger partial charge in [0, 0.05) is 45.5 Å². The van der Waals surface area contributed by atoms with Crippen molar-refractivity contribution in [3.05, 3.63) is 58.7 Å². The van der Waals surface area contributed by atoms with Gasteiger partial charge in [0.2, 0.25) is 5.82 Å². The van der Waals surface area contributed by atoms with Crippen molar-refractivity contribution in [1.29, 1.82) is 5.26 Å². The second-order valence-corrected chi connectivity index (χ2v) is 8.46. The number of hydrogen-bond donors (Lipinski definition) is 1. The molecule has 0 unspecified atom stereocenters. The Morgan fingerprint density at radius 2 is 1.94 bits per heavy atom. The monoisotopic (exact) mass is 471 g/mol. The molecular formula is C21H16F3N7OS. The summed E-state index contributed by atoms with van der Waals surface area (Å²) >= 11 is 1.46. The van der Waals surface area contributed by atoms with Crippen molar-refractivity contribution in [3.63, 3.8) is 0 Å². The number of carbonyl (C=O) groups is 1. The Morgan fingerprint density at radius 3 is 2.55 bits per heavy atom. The van der Waals surface area contributed by atoms with Gasteiger partial charge in [-0.2, -0.15) is 23.5 Å². The number of hydrogen-bond acceptors (Lipinski definition) is 7. The number of aromatic nitrogens is 5. The van der Waals surface area contributed by atoms with Crippen LogP contribution in [0.3, 0.4) is 0 Å². The summed E-state index contributed by atoms with van der Waals surface area (Å²) in [7, 11) is 0. The van der Waals surface area contributed by atoms with Crippen molar-refractivity contribution >= 4 is 28.1 Å². The van der Waals surface area contributed by atoms with E-state index in [9.17, 15) is 18.0 Å². The highest BCUT2D eigenvalue weighted by Gasteiger charge is 2.34. The van der Waals surface area contributed by atoms with E-state index in [0.29, 0.717) is 27.2 Å². The first-order valence-corrected chi connectivity index (χ1v) is 10.5. The molecule has 0 saturated carbocycles. The van der Waals surface area contributed by atoms with Crippen molar-refractivity contribution in [2.24, 2.45) is 0 Å². The Hall–Kier alpha value is -3.85. The number of rotatable bonds is 5. The molecule has 1 aromatic carbocycles. The van der Waals surface area contributed by atoms with E-state index in [4.69, 9.17) is 5.26 Å². The molecular weight excluding hydrogens is 455 g/mol. The van der Waals surface area contributed by atoms with E-state index in [-0.39, 0.29) is 6.54 Å². The maximum Gasteiger partial charge on any atom is 0.451 e. The fraction of sp³-hybridized carbons (Fsp3) is 0.238. The number of alkyl halides is 3. The quantitative estimate of drug-likeness (QED) is 0.465. The lowest BCUT2D eigenvalue weighted by atomic mass is 10.0. The molecule has 0 bridgehead atoms. The summed E-state index contributed by atoms with van der Waals surface area (Å²) in [6.07, 6.45) is 0.788. The van der Waals surface area contributed by atoms with Crippen LogP contribution in [0.15, 0.2) is 36.9 Å².